The summed E-state index contributed by atoms with van der Waals surface area (Å²) in [6.45, 7) is 0. The zero-order valence-electron chi connectivity index (χ0n) is 10.7. The summed E-state index contributed by atoms with van der Waals surface area (Å²) in [5.74, 6) is 0.405. The SMILES string of the molecule is Nc1ncnc2c1c(-c1ccc3c(c1)CC(=O)N3)nn2I. The van der Waals surface area contributed by atoms with Gasteiger partial charge >= 0.3 is 0 Å². The lowest BCUT2D eigenvalue weighted by Crippen LogP contribution is -2.03. The number of nitrogens with two attached hydrogens (primary N) is 1. The molecular formula is C13H9IN6O. The minimum Gasteiger partial charge on any atom is -0.383 e. The number of rotatable bonds is 1. The highest BCUT2D eigenvalue weighted by Gasteiger charge is 2.21. The van der Waals surface area contributed by atoms with Gasteiger partial charge in [-0.2, -0.15) is 7.99 Å². The van der Waals surface area contributed by atoms with Crippen molar-refractivity contribution in [2.24, 2.45) is 0 Å². The molecule has 0 saturated heterocycles. The maximum Gasteiger partial charge on any atom is 0.228 e. The number of carbonyl (C=O) groups is 1. The molecule has 8 heteroatoms. The van der Waals surface area contributed by atoms with Gasteiger partial charge in [0.15, 0.2) is 5.65 Å². The van der Waals surface area contributed by atoms with Crippen LogP contribution in [0.4, 0.5) is 11.5 Å². The molecule has 1 aliphatic rings. The van der Waals surface area contributed by atoms with Crippen LogP contribution in [0, 0.1) is 0 Å². The van der Waals surface area contributed by atoms with Gasteiger partial charge in [0.05, 0.1) is 34.7 Å². The number of hydrogen-bond acceptors (Lipinski definition) is 5. The predicted molar refractivity (Wildman–Crippen MR) is 86.9 cm³/mol. The quantitative estimate of drug-likeness (QED) is 0.615. The molecule has 0 unspecified atom stereocenters. The average molecular weight is 392 g/mol. The monoisotopic (exact) mass is 392 g/mol. The van der Waals surface area contributed by atoms with Gasteiger partial charge in [0.2, 0.25) is 5.91 Å². The highest BCUT2D eigenvalue weighted by atomic mass is 127. The lowest BCUT2D eigenvalue weighted by atomic mass is 10.0. The summed E-state index contributed by atoms with van der Waals surface area (Å²) in [5.41, 5.74) is 10.1. The maximum absolute atomic E-state index is 11.4. The lowest BCUT2D eigenvalue weighted by molar-refractivity contribution is -0.115. The highest BCUT2D eigenvalue weighted by molar-refractivity contribution is 14.1. The van der Waals surface area contributed by atoms with Crippen LogP contribution < -0.4 is 11.1 Å². The Balaban J connectivity index is 1.96. The van der Waals surface area contributed by atoms with Crippen molar-refractivity contribution in [3.63, 3.8) is 0 Å². The summed E-state index contributed by atoms with van der Waals surface area (Å²) < 4.78 is 1.65. The van der Waals surface area contributed by atoms with Gasteiger partial charge < -0.3 is 11.1 Å². The van der Waals surface area contributed by atoms with Gasteiger partial charge in [-0.15, -0.1) is 0 Å². The van der Waals surface area contributed by atoms with Gasteiger partial charge in [-0.05, 0) is 17.7 Å². The fourth-order valence-corrected chi connectivity index (χ4v) is 3.10. The third kappa shape index (κ3) is 1.86. The van der Waals surface area contributed by atoms with E-state index in [2.05, 4.69) is 43.2 Å². The van der Waals surface area contributed by atoms with E-state index in [0.717, 1.165) is 27.9 Å². The number of nitrogen functional groups attached to an aromatic ring is 1. The zero-order chi connectivity index (χ0) is 14.6. The van der Waals surface area contributed by atoms with E-state index < -0.39 is 0 Å². The molecule has 0 aliphatic carbocycles. The third-order valence-corrected chi connectivity index (χ3v) is 4.13. The molecule has 4 rings (SSSR count). The smallest absolute Gasteiger partial charge is 0.228 e. The Labute approximate surface area is 133 Å². The summed E-state index contributed by atoms with van der Waals surface area (Å²) in [6.07, 6.45) is 1.81. The Morgan fingerprint density at radius 2 is 2.19 bits per heavy atom. The number of fused-ring (bicyclic) bond motifs is 2. The van der Waals surface area contributed by atoms with Crippen LogP contribution in [0.2, 0.25) is 0 Å². The fraction of sp³-hybridized carbons (Fsp3) is 0.0769. The first kappa shape index (κ1) is 12.5. The average Bonchev–Trinajstić information content (AvgIpc) is 2.99. The van der Waals surface area contributed by atoms with Crippen molar-refractivity contribution in [2.45, 2.75) is 6.42 Å². The van der Waals surface area contributed by atoms with Crippen LogP contribution in [0.15, 0.2) is 24.5 Å². The van der Waals surface area contributed by atoms with E-state index in [9.17, 15) is 4.79 Å². The number of benzene rings is 1. The summed E-state index contributed by atoms with van der Waals surface area (Å²) in [7, 11) is 0. The van der Waals surface area contributed by atoms with Crippen molar-refractivity contribution in [3.05, 3.63) is 30.1 Å². The molecule has 0 radical (unpaired) electrons. The molecule has 1 amide bonds. The number of amides is 1. The van der Waals surface area contributed by atoms with Crippen LogP contribution >= 0.6 is 22.9 Å². The van der Waals surface area contributed by atoms with E-state index in [4.69, 9.17) is 5.73 Å². The number of carbonyl (C=O) groups excluding carboxylic acids is 1. The summed E-state index contributed by atoms with van der Waals surface area (Å²) in [6, 6.07) is 5.75. The fourth-order valence-electron chi connectivity index (χ4n) is 2.52. The van der Waals surface area contributed by atoms with Gasteiger partial charge in [-0.25, -0.2) is 9.97 Å². The zero-order valence-corrected chi connectivity index (χ0v) is 12.8. The molecule has 1 aromatic carbocycles. The summed E-state index contributed by atoms with van der Waals surface area (Å²) in [4.78, 5) is 19.7. The van der Waals surface area contributed by atoms with Crippen LogP contribution in [-0.4, -0.2) is 23.9 Å². The van der Waals surface area contributed by atoms with Gasteiger partial charge in [0.25, 0.3) is 0 Å². The second-order valence-corrected chi connectivity index (χ2v) is 5.68. The van der Waals surface area contributed by atoms with Gasteiger partial charge in [-0.3, -0.25) is 4.79 Å². The van der Waals surface area contributed by atoms with Crippen molar-refractivity contribution in [1.82, 2.24) is 18.0 Å². The van der Waals surface area contributed by atoms with E-state index in [1.165, 1.54) is 6.33 Å². The second kappa shape index (κ2) is 4.38. The number of nitrogens with zero attached hydrogens (tertiary/aromatic N) is 4. The molecule has 0 fully saturated rings. The number of hydrogen-bond donors (Lipinski definition) is 2. The molecule has 3 heterocycles. The number of aromatic nitrogens is 4. The minimum absolute atomic E-state index is 0.00859. The Morgan fingerprint density at radius 1 is 1.33 bits per heavy atom. The number of halogens is 1. The molecule has 0 spiro atoms. The highest BCUT2D eigenvalue weighted by Crippen LogP contribution is 2.34. The molecule has 21 heavy (non-hydrogen) atoms. The van der Waals surface area contributed by atoms with Crippen LogP contribution in [-0.2, 0) is 11.2 Å². The van der Waals surface area contributed by atoms with Crippen LogP contribution in [0.3, 0.4) is 0 Å². The van der Waals surface area contributed by atoms with E-state index >= 15 is 0 Å². The number of nitrogens with one attached hydrogen (secondary N) is 1. The van der Waals surface area contributed by atoms with E-state index in [1.54, 1.807) is 2.90 Å². The molecule has 3 N–H and O–H groups in total. The van der Waals surface area contributed by atoms with E-state index in [-0.39, 0.29) is 5.91 Å². The molecule has 104 valence electrons. The van der Waals surface area contributed by atoms with E-state index in [1.807, 2.05) is 18.2 Å². The van der Waals surface area contributed by atoms with Crippen LogP contribution in [0.25, 0.3) is 22.3 Å². The Hall–Kier alpha value is -2.23. The molecule has 0 bridgehead atoms. The Bertz CT molecular complexity index is 903. The first-order chi connectivity index (χ1) is 10.1. The molecular weight excluding hydrogens is 383 g/mol. The number of anilines is 2. The van der Waals surface area contributed by atoms with E-state index in [0.29, 0.717) is 17.9 Å². The first-order valence-electron chi connectivity index (χ1n) is 6.22. The predicted octanol–water partition coefficient (Wildman–Crippen LogP) is 1.77. The molecule has 0 atom stereocenters. The van der Waals surface area contributed by atoms with Crippen molar-refractivity contribution in [2.75, 3.05) is 11.1 Å². The van der Waals surface area contributed by atoms with Crippen LogP contribution in [0.1, 0.15) is 5.56 Å². The second-order valence-electron chi connectivity index (χ2n) is 4.76. The maximum atomic E-state index is 11.4. The van der Waals surface area contributed by atoms with Crippen molar-refractivity contribution >= 4 is 51.3 Å². The van der Waals surface area contributed by atoms with Gasteiger partial charge in [-0.1, -0.05) is 6.07 Å². The topological polar surface area (TPSA) is 98.7 Å². The van der Waals surface area contributed by atoms with Crippen molar-refractivity contribution in [1.29, 1.82) is 0 Å². The van der Waals surface area contributed by atoms with Gasteiger partial charge in [0.1, 0.15) is 17.8 Å². The Morgan fingerprint density at radius 3 is 3.05 bits per heavy atom. The van der Waals surface area contributed by atoms with Crippen LogP contribution in [0.5, 0.6) is 0 Å². The van der Waals surface area contributed by atoms with Crippen molar-refractivity contribution in [3.8, 4) is 11.3 Å². The molecule has 1 aliphatic heterocycles. The Kier molecular flexibility index (Phi) is 2.61. The lowest BCUT2D eigenvalue weighted by Gasteiger charge is -2.02. The molecule has 2 aromatic heterocycles. The summed E-state index contributed by atoms with van der Waals surface area (Å²) in [5, 5.41) is 8.02. The van der Waals surface area contributed by atoms with Crippen molar-refractivity contribution < 1.29 is 4.79 Å². The standard InChI is InChI=1S/C13H9IN6O/c14-20-13-10(12(15)16-5-17-13)11(19-20)6-1-2-8-7(3-6)4-9(21)18-8/h1-3,5H,4H2,(H,18,21)(H2,15,16,17). The first-order valence-corrected chi connectivity index (χ1v) is 7.18. The van der Waals surface area contributed by atoms with Gasteiger partial charge in [0, 0.05) is 11.3 Å². The molecule has 3 aromatic rings. The summed E-state index contributed by atoms with van der Waals surface area (Å²) >= 11 is 2.06. The largest absolute Gasteiger partial charge is 0.383 e. The third-order valence-electron chi connectivity index (χ3n) is 3.46. The minimum atomic E-state index is 0.00859. The molecule has 7 nitrogen and oxygen atoms in total. The normalized spacial score (nSPS) is 13.5. The molecule has 0 saturated carbocycles.